The molecule has 4 N–H and O–H groups in total. The molecule has 2 heterocycles. The molecule has 106 valence electrons. The molecular formula is C14H13N5O2. The van der Waals surface area contributed by atoms with E-state index >= 15 is 0 Å². The van der Waals surface area contributed by atoms with E-state index in [4.69, 9.17) is 5.84 Å². The lowest BCUT2D eigenvalue weighted by molar-refractivity contribution is -0.115. The lowest BCUT2D eigenvalue weighted by atomic mass is 10.1. The number of amides is 2. The van der Waals surface area contributed by atoms with Crippen molar-refractivity contribution in [2.24, 2.45) is 5.84 Å². The zero-order valence-corrected chi connectivity index (χ0v) is 11.0. The number of pyridine rings is 1. The van der Waals surface area contributed by atoms with E-state index < -0.39 is 0 Å². The second-order valence-corrected chi connectivity index (χ2v) is 4.53. The number of hydrogen-bond donors (Lipinski definition) is 3. The van der Waals surface area contributed by atoms with E-state index in [0.29, 0.717) is 17.1 Å². The smallest absolute Gasteiger partial charge is 0.277 e. The lowest BCUT2D eigenvalue weighted by Gasteiger charge is -2.28. The zero-order chi connectivity index (χ0) is 14.8. The molecule has 0 fully saturated rings. The van der Waals surface area contributed by atoms with E-state index in [1.807, 2.05) is 6.07 Å². The molecule has 0 aliphatic carbocycles. The fourth-order valence-electron chi connectivity index (χ4n) is 2.16. The van der Waals surface area contributed by atoms with Crippen molar-refractivity contribution in [1.29, 1.82) is 0 Å². The van der Waals surface area contributed by atoms with Gasteiger partial charge in [0.25, 0.3) is 5.91 Å². The number of carbonyl (C=O) groups is 2. The van der Waals surface area contributed by atoms with Gasteiger partial charge in [-0.2, -0.15) is 0 Å². The summed E-state index contributed by atoms with van der Waals surface area (Å²) in [6.45, 7) is -0.0333. The molecule has 0 radical (unpaired) electrons. The normalized spacial score (nSPS) is 13.4. The summed E-state index contributed by atoms with van der Waals surface area (Å²) in [6, 6.07) is 10.4. The van der Waals surface area contributed by atoms with Gasteiger partial charge >= 0.3 is 0 Å². The molecular weight excluding hydrogens is 270 g/mol. The average molecular weight is 283 g/mol. The zero-order valence-electron chi connectivity index (χ0n) is 11.0. The molecule has 1 aromatic carbocycles. The van der Waals surface area contributed by atoms with Crippen LogP contribution in [0.25, 0.3) is 0 Å². The maximum Gasteiger partial charge on any atom is 0.277 e. The maximum atomic E-state index is 12.5. The number of carbonyl (C=O) groups excluding carboxylic acids is 2. The molecule has 2 amide bonds. The second kappa shape index (κ2) is 5.22. The van der Waals surface area contributed by atoms with Gasteiger partial charge in [0.1, 0.15) is 12.2 Å². The quantitative estimate of drug-likeness (QED) is 0.563. The average Bonchev–Trinajstić information content (AvgIpc) is 2.53. The van der Waals surface area contributed by atoms with Crippen molar-refractivity contribution in [3.63, 3.8) is 0 Å². The Hall–Kier alpha value is -2.93. The number of aromatic nitrogens is 1. The standard InChI is InChI=1S/C14H13N5O2/c15-18-9-5-6-11(16-7-9)14(21)19-8-13(20)17-10-3-1-2-4-12(10)19/h1-7,18H,8,15H2,(H,17,20). The number of hydrogen-bond acceptors (Lipinski definition) is 5. The Labute approximate surface area is 120 Å². The number of anilines is 3. The van der Waals surface area contributed by atoms with Gasteiger partial charge in [0, 0.05) is 0 Å². The molecule has 1 aliphatic rings. The Morgan fingerprint density at radius 2 is 2.10 bits per heavy atom. The fourth-order valence-corrected chi connectivity index (χ4v) is 2.16. The first kappa shape index (κ1) is 13.1. The predicted octanol–water partition coefficient (Wildman–Crippen LogP) is 0.966. The van der Waals surface area contributed by atoms with Crippen LogP contribution in [0.5, 0.6) is 0 Å². The van der Waals surface area contributed by atoms with Gasteiger partial charge in [-0.3, -0.25) is 20.3 Å². The third kappa shape index (κ3) is 2.41. The molecule has 21 heavy (non-hydrogen) atoms. The molecule has 1 aromatic heterocycles. The van der Waals surface area contributed by atoms with E-state index in [9.17, 15) is 9.59 Å². The van der Waals surface area contributed by atoms with Crippen LogP contribution in [0.2, 0.25) is 0 Å². The Morgan fingerprint density at radius 3 is 2.81 bits per heavy atom. The number of benzene rings is 1. The van der Waals surface area contributed by atoms with Crippen LogP contribution in [-0.2, 0) is 4.79 Å². The summed E-state index contributed by atoms with van der Waals surface area (Å²) >= 11 is 0. The third-order valence-electron chi connectivity index (χ3n) is 3.17. The molecule has 7 nitrogen and oxygen atoms in total. The van der Waals surface area contributed by atoms with Gasteiger partial charge < -0.3 is 10.7 Å². The van der Waals surface area contributed by atoms with Crippen molar-refractivity contribution < 1.29 is 9.59 Å². The predicted molar refractivity (Wildman–Crippen MR) is 78.8 cm³/mol. The Bertz CT molecular complexity index is 699. The molecule has 0 bridgehead atoms. The van der Waals surface area contributed by atoms with Gasteiger partial charge in [0.15, 0.2) is 0 Å². The molecule has 2 aromatic rings. The van der Waals surface area contributed by atoms with Crippen molar-refractivity contribution in [2.45, 2.75) is 0 Å². The molecule has 0 saturated heterocycles. The number of nitrogen functional groups attached to an aromatic ring is 1. The summed E-state index contributed by atoms with van der Waals surface area (Å²) in [5.74, 6) is 4.70. The third-order valence-corrected chi connectivity index (χ3v) is 3.17. The van der Waals surface area contributed by atoms with Crippen LogP contribution in [0.3, 0.4) is 0 Å². The number of nitrogens with zero attached hydrogens (tertiary/aromatic N) is 2. The monoisotopic (exact) mass is 283 g/mol. The van der Waals surface area contributed by atoms with Crippen LogP contribution in [0.1, 0.15) is 10.5 Å². The van der Waals surface area contributed by atoms with Gasteiger partial charge in [-0.25, -0.2) is 4.98 Å². The van der Waals surface area contributed by atoms with Gasteiger partial charge in [-0.05, 0) is 24.3 Å². The SMILES string of the molecule is NNc1ccc(C(=O)N2CC(=O)Nc3ccccc32)nc1. The number of hydrazine groups is 1. The number of rotatable bonds is 2. The van der Waals surface area contributed by atoms with Crippen LogP contribution in [0, 0.1) is 0 Å². The molecule has 0 atom stereocenters. The fraction of sp³-hybridized carbons (Fsp3) is 0.0714. The van der Waals surface area contributed by atoms with Crippen molar-refractivity contribution in [2.75, 3.05) is 22.2 Å². The minimum atomic E-state index is -0.333. The van der Waals surface area contributed by atoms with Crippen molar-refractivity contribution >= 4 is 28.9 Å². The first-order valence-electron chi connectivity index (χ1n) is 6.32. The van der Waals surface area contributed by atoms with Crippen LogP contribution >= 0.6 is 0 Å². The van der Waals surface area contributed by atoms with E-state index in [1.54, 1.807) is 30.3 Å². The Balaban J connectivity index is 1.95. The molecule has 0 saturated carbocycles. The van der Waals surface area contributed by atoms with Crippen LogP contribution < -0.4 is 21.5 Å². The van der Waals surface area contributed by atoms with E-state index in [2.05, 4.69) is 15.7 Å². The first-order valence-corrected chi connectivity index (χ1v) is 6.32. The van der Waals surface area contributed by atoms with Gasteiger partial charge in [0.05, 0.1) is 23.3 Å². The van der Waals surface area contributed by atoms with E-state index in [-0.39, 0.29) is 24.1 Å². The minimum Gasteiger partial charge on any atom is -0.323 e. The summed E-state index contributed by atoms with van der Waals surface area (Å²) in [5.41, 5.74) is 4.56. The highest BCUT2D eigenvalue weighted by molar-refractivity contribution is 6.14. The number of nitrogens with one attached hydrogen (secondary N) is 2. The highest BCUT2D eigenvalue weighted by atomic mass is 16.2. The number of para-hydroxylation sites is 2. The van der Waals surface area contributed by atoms with Crippen LogP contribution in [0.15, 0.2) is 42.6 Å². The van der Waals surface area contributed by atoms with Crippen LogP contribution in [0.4, 0.5) is 17.1 Å². The largest absolute Gasteiger partial charge is 0.323 e. The summed E-state index contributed by atoms with van der Waals surface area (Å²) < 4.78 is 0. The van der Waals surface area contributed by atoms with Gasteiger partial charge in [-0.15, -0.1) is 0 Å². The summed E-state index contributed by atoms with van der Waals surface area (Å²) in [4.78, 5) is 29.7. The molecule has 1 aliphatic heterocycles. The first-order chi connectivity index (χ1) is 10.2. The Morgan fingerprint density at radius 1 is 1.29 bits per heavy atom. The number of nitrogens with two attached hydrogens (primary N) is 1. The molecule has 0 unspecified atom stereocenters. The summed E-state index contributed by atoms with van der Waals surface area (Å²) in [7, 11) is 0. The Kier molecular flexibility index (Phi) is 3.25. The summed E-state index contributed by atoms with van der Waals surface area (Å²) in [5, 5.41) is 2.73. The minimum absolute atomic E-state index is 0.0333. The highest BCUT2D eigenvalue weighted by Gasteiger charge is 2.27. The van der Waals surface area contributed by atoms with Crippen molar-refractivity contribution in [3.05, 3.63) is 48.3 Å². The van der Waals surface area contributed by atoms with Crippen molar-refractivity contribution in [3.8, 4) is 0 Å². The lowest BCUT2D eigenvalue weighted by Crippen LogP contribution is -2.42. The van der Waals surface area contributed by atoms with Gasteiger partial charge in [-0.1, -0.05) is 12.1 Å². The van der Waals surface area contributed by atoms with Crippen molar-refractivity contribution in [1.82, 2.24) is 4.98 Å². The topological polar surface area (TPSA) is 100 Å². The second-order valence-electron chi connectivity index (χ2n) is 4.53. The maximum absolute atomic E-state index is 12.5. The van der Waals surface area contributed by atoms with Gasteiger partial charge in [0.2, 0.25) is 5.91 Å². The summed E-state index contributed by atoms with van der Waals surface area (Å²) in [6.07, 6.45) is 1.46. The van der Waals surface area contributed by atoms with E-state index in [1.165, 1.54) is 11.1 Å². The highest BCUT2D eigenvalue weighted by Crippen LogP contribution is 2.29. The van der Waals surface area contributed by atoms with E-state index in [0.717, 1.165) is 0 Å². The number of fused-ring (bicyclic) bond motifs is 1. The molecule has 0 spiro atoms. The molecule has 3 rings (SSSR count). The van der Waals surface area contributed by atoms with Crippen LogP contribution in [-0.4, -0.2) is 23.3 Å². The molecule has 7 heteroatoms.